The van der Waals surface area contributed by atoms with Crippen molar-refractivity contribution in [3.63, 3.8) is 0 Å². The summed E-state index contributed by atoms with van der Waals surface area (Å²) in [6.07, 6.45) is 4.34. The predicted molar refractivity (Wildman–Crippen MR) is 129 cm³/mol. The largest absolute Gasteiger partial charge is 0.493 e. The van der Waals surface area contributed by atoms with Crippen LogP contribution in [0.3, 0.4) is 0 Å². The van der Waals surface area contributed by atoms with E-state index in [1.807, 2.05) is 13.0 Å². The molecular formula is C25H28N4O5. The van der Waals surface area contributed by atoms with Crippen LogP contribution in [0.15, 0.2) is 41.5 Å². The average Bonchev–Trinajstić information content (AvgIpc) is 2.86. The molecule has 1 aromatic heterocycles. The van der Waals surface area contributed by atoms with E-state index in [1.54, 1.807) is 29.2 Å². The van der Waals surface area contributed by atoms with Crippen molar-refractivity contribution in [3.8, 4) is 11.5 Å². The monoisotopic (exact) mass is 464 g/mol. The van der Waals surface area contributed by atoms with Gasteiger partial charge in [0.2, 0.25) is 5.91 Å². The number of carbonyl (C=O) groups is 2. The van der Waals surface area contributed by atoms with Crippen molar-refractivity contribution in [3.05, 3.63) is 58.1 Å². The van der Waals surface area contributed by atoms with Gasteiger partial charge in [-0.25, -0.2) is 4.98 Å². The number of benzene rings is 2. The zero-order valence-corrected chi connectivity index (χ0v) is 19.6. The molecule has 9 heteroatoms. The molecule has 34 heavy (non-hydrogen) atoms. The van der Waals surface area contributed by atoms with Gasteiger partial charge in [0.1, 0.15) is 6.54 Å². The van der Waals surface area contributed by atoms with Crippen LogP contribution >= 0.6 is 0 Å². The van der Waals surface area contributed by atoms with Crippen molar-refractivity contribution in [1.29, 1.82) is 0 Å². The number of carbonyl (C=O) groups excluding carboxylic acids is 2. The van der Waals surface area contributed by atoms with E-state index in [-0.39, 0.29) is 18.0 Å². The first-order valence-electron chi connectivity index (χ1n) is 11.2. The van der Waals surface area contributed by atoms with Gasteiger partial charge in [-0.3, -0.25) is 19.0 Å². The number of amides is 2. The Labute approximate surface area is 197 Å². The summed E-state index contributed by atoms with van der Waals surface area (Å²) in [6, 6.07) is 8.50. The molecule has 1 N–H and O–H groups in total. The molecule has 1 aliphatic heterocycles. The number of rotatable bonds is 6. The molecule has 0 aliphatic carbocycles. The van der Waals surface area contributed by atoms with Crippen LogP contribution in [0.5, 0.6) is 11.5 Å². The van der Waals surface area contributed by atoms with Crippen LogP contribution in [-0.2, 0) is 11.3 Å². The normalized spacial score (nSPS) is 13.6. The number of hydrogen-bond acceptors (Lipinski definition) is 6. The molecule has 4 rings (SSSR count). The molecule has 2 heterocycles. The van der Waals surface area contributed by atoms with Crippen molar-refractivity contribution in [1.82, 2.24) is 14.5 Å². The Morgan fingerprint density at radius 3 is 2.47 bits per heavy atom. The Morgan fingerprint density at radius 1 is 1.06 bits per heavy atom. The van der Waals surface area contributed by atoms with Crippen LogP contribution < -0.4 is 20.3 Å². The summed E-state index contributed by atoms with van der Waals surface area (Å²) in [7, 11) is 2.98. The highest BCUT2D eigenvalue weighted by molar-refractivity contribution is 6.04. The van der Waals surface area contributed by atoms with E-state index in [0.717, 1.165) is 24.8 Å². The number of hydrogen-bond donors (Lipinski definition) is 1. The molecule has 2 aromatic carbocycles. The maximum atomic E-state index is 13.3. The highest BCUT2D eigenvalue weighted by Gasteiger charge is 2.24. The van der Waals surface area contributed by atoms with E-state index in [0.29, 0.717) is 46.7 Å². The van der Waals surface area contributed by atoms with Crippen LogP contribution in [0.1, 0.15) is 35.2 Å². The standard InChI is InChI=1S/C25H28N4O5/c1-16-8-7-9-17-23(16)26-15-29(24(17)31)14-22(30)27-19-13-21(34-3)20(33-2)12-18(19)25(32)28-10-5-4-6-11-28/h7-9,12-13,15H,4-6,10-11,14H2,1-3H3,(H,27,30). The molecule has 9 nitrogen and oxygen atoms in total. The van der Waals surface area contributed by atoms with E-state index >= 15 is 0 Å². The van der Waals surface area contributed by atoms with E-state index < -0.39 is 5.91 Å². The fourth-order valence-corrected chi connectivity index (χ4v) is 4.22. The van der Waals surface area contributed by atoms with Gasteiger partial charge in [0.15, 0.2) is 11.5 Å². The summed E-state index contributed by atoms with van der Waals surface area (Å²) in [5, 5.41) is 3.23. The fourth-order valence-electron chi connectivity index (χ4n) is 4.22. The topological polar surface area (TPSA) is 103 Å². The quantitative estimate of drug-likeness (QED) is 0.602. The van der Waals surface area contributed by atoms with Crippen LogP contribution in [0.2, 0.25) is 0 Å². The number of anilines is 1. The van der Waals surface area contributed by atoms with Gasteiger partial charge >= 0.3 is 0 Å². The minimum Gasteiger partial charge on any atom is -0.493 e. The molecule has 1 saturated heterocycles. The number of para-hydroxylation sites is 1. The predicted octanol–water partition coefficient (Wildman–Crippen LogP) is 2.99. The summed E-state index contributed by atoms with van der Waals surface area (Å²) in [6.45, 7) is 2.96. The molecule has 0 unspecified atom stereocenters. The lowest BCUT2D eigenvalue weighted by Gasteiger charge is -2.28. The van der Waals surface area contributed by atoms with Gasteiger partial charge < -0.3 is 19.7 Å². The number of methoxy groups -OCH3 is 2. The second-order valence-corrected chi connectivity index (χ2v) is 8.30. The molecule has 0 saturated carbocycles. The number of nitrogens with zero attached hydrogens (tertiary/aromatic N) is 3. The lowest BCUT2D eigenvalue weighted by molar-refractivity contribution is -0.116. The maximum absolute atomic E-state index is 13.3. The first-order chi connectivity index (χ1) is 16.4. The van der Waals surface area contributed by atoms with Gasteiger partial charge in [-0.15, -0.1) is 0 Å². The fraction of sp³-hybridized carbons (Fsp3) is 0.360. The minimum atomic E-state index is -0.462. The molecule has 1 fully saturated rings. The van der Waals surface area contributed by atoms with Gasteiger partial charge in [0, 0.05) is 19.2 Å². The summed E-state index contributed by atoms with van der Waals surface area (Å²) in [5.41, 5.74) is 1.81. The number of fused-ring (bicyclic) bond motifs is 1. The Hall–Kier alpha value is -3.88. The number of likely N-dealkylation sites (tertiary alicyclic amines) is 1. The Balaban J connectivity index is 1.64. The maximum Gasteiger partial charge on any atom is 0.261 e. The first kappa shape index (κ1) is 23.3. The van der Waals surface area contributed by atoms with Crippen molar-refractivity contribution in [2.24, 2.45) is 0 Å². The molecule has 0 atom stereocenters. The van der Waals surface area contributed by atoms with Gasteiger partial charge in [0.05, 0.1) is 42.7 Å². The third-order valence-corrected chi connectivity index (χ3v) is 6.04. The molecule has 178 valence electrons. The van der Waals surface area contributed by atoms with Crippen LogP contribution in [0, 0.1) is 6.92 Å². The number of ether oxygens (including phenoxy) is 2. The molecule has 0 spiro atoms. The van der Waals surface area contributed by atoms with Crippen LogP contribution in [-0.4, -0.2) is 53.6 Å². The van der Waals surface area contributed by atoms with Crippen molar-refractivity contribution >= 4 is 28.4 Å². The zero-order valence-electron chi connectivity index (χ0n) is 19.6. The molecule has 0 bridgehead atoms. The molecule has 0 radical (unpaired) electrons. The van der Waals surface area contributed by atoms with E-state index in [9.17, 15) is 14.4 Å². The number of piperidine rings is 1. The van der Waals surface area contributed by atoms with E-state index in [2.05, 4.69) is 10.3 Å². The zero-order chi connectivity index (χ0) is 24.2. The Kier molecular flexibility index (Phi) is 6.81. The number of aryl methyl sites for hydroxylation is 1. The van der Waals surface area contributed by atoms with Gasteiger partial charge in [0.25, 0.3) is 11.5 Å². The van der Waals surface area contributed by atoms with E-state index in [1.165, 1.54) is 25.1 Å². The highest BCUT2D eigenvalue weighted by Crippen LogP contribution is 2.34. The van der Waals surface area contributed by atoms with Gasteiger partial charge in [-0.2, -0.15) is 0 Å². The SMILES string of the molecule is COc1cc(NC(=O)Cn2cnc3c(C)cccc3c2=O)c(C(=O)N2CCCCC2)cc1OC. The van der Waals surface area contributed by atoms with Crippen molar-refractivity contribution < 1.29 is 19.1 Å². The third kappa shape index (κ3) is 4.59. The number of aromatic nitrogens is 2. The summed E-state index contributed by atoms with van der Waals surface area (Å²) in [4.78, 5) is 45.2. The lowest BCUT2D eigenvalue weighted by atomic mass is 10.1. The second kappa shape index (κ2) is 9.94. The molecule has 2 amide bonds. The number of nitrogens with one attached hydrogen (secondary N) is 1. The highest BCUT2D eigenvalue weighted by atomic mass is 16.5. The molecule has 3 aromatic rings. The van der Waals surface area contributed by atoms with Crippen molar-refractivity contribution in [2.45, 2.75) is 32.7 Å². The summed E-state index contributed by atoms with van der Waals surface area (Å²) in [5.74, 6) is 0.131. The second-order valence-electron chi connectivity index (χ2n) is 8.30. The first-order valence-corrected chi connectivity index (χ1v) is 11.2. The van der Waals surface area contributed by atoms with Gasteiger partial charge in [-0.05, 0) is 43.9 Å². The van der Waals surface area contributed by atoms with Gasteiger partial charge in [-0.1, -0.05) is 12.1 Å². The third-order valence-electron chi connectivity index (χ3n) is 6.04. The molecule has 1 aliphatic rings. The summed E-state index contributed by atoms with van der Waals surface area (Å²) >= 11 is 0. The minimum absolute atomic E-state index is 0.184. The lowest BCUT2D eigenvalue weighted by Crippen LogP contribution is -2.36. The van der Waals surface area contributed by atoms with Crippen LogP contribution in [0.4, 0.5) is 5.69 Å². The summed E-state index contributed by atoms with van der Waals surface area (Å²) < 4.78 is 12.0. The molecular weight excluding hydrogens is 436 g/mol. The van der Waals surface area contributed by atoms with E-state index in [4.69, 9.17) is 9.47 Å². The van der Waals surface area contributed by atoms with Crippen LogP contribution in [0.25, 0.3) is 10.9 Å². The van der Waals surface area contributed by atoms with Crippen molar-refractivity contribution in [2.75, 3.05) is 32.6 Å². The Bertz CT molecular complexity index is 1290. The Morgan fingerprint density at radius 2 is 1.76 bits per heavy atom. The smallest absolute Gasteiger partial charge is 0.261 e. The average molecular weight is 465 g/mol.